The molecule has 2 aromatic rings. The van der Waals surface area contributed by atoms with E-state index < -0.39 is 0 Å². The van der Waals surface area contributed by atoms with Crippen LogP contribution in [0, 0.1) is 0 Å². The molecule has 0 radical (unpaired) electrons. The molecule has 1 aromatic heterocycles. The van der Waals surface area contributed by atoms with E-state index in [4.69, 9.17) is 9.15 Å². The van der Waals surface area contributed by atoms with Gasteiger partial charge in [0, 0.05) is 5.56 Å². The van der Waals surface area contributed by atoms with Gasteiger partial charge in [0.1, 0.15) is 12.4 Å². The first-order valence-electron chi connectivity index (χ1n) is 7.56. The van der Waals surface area contributed by atoms with Crippen molar-refractivity contribution >= 4 is 0 Å². The summed E-state index contributed by atoms with van der Waals surface area (Å²) in [5.41, 5.74) is 3.73. The van der Waals surface area contributed by atoms with Crippen LogP contribution in [0.3, 0.4) is 0 Å². The first-order chi connectivity index (χ1) is 10.6. The number of oxazole rings is 1. The smallest absolute Gasteiger partial charge is 0.181 e. The largest absolute Gasteiger partial charge is 0.490 e. The maximum atomic E-state index is 5.74. The van der Waals surface area contributed by atoms with E-state index in [1.807, 2.05) is 24.3 Å². The van der Waals surface area contributed by atoms with Gasteiger partial charge in [-0.25, -0.2) is 4.98 Å². The van der Waals surface area contributed by atoms with Crippen LogP contribution in [0.1, 0.15) is 33.6 Å². The lowest BCUT2D eigenvalue weighted by molar-refractivity contribution is 0.361. The Balaban J connectivity index is 1.80. The highest BCUT2D eigenvalue weighted by molar-refractivity contribution is 5.57. The van der Waals surface area contributed by atoms with Gasteiger partial charge in [0.2, 0.25) is 0 Å². The van der Waals surface area contributed by atoms with Crippen molar-refractivity contribution in [1.82, 2.24) is 4.98 Å². The van der Waals surface area contributed by atoms with Crippen LogP contribution in [0.25, 0.3) is 11.3 Å². The second-order valence-corrected chi connectivity index (χ2v) is 5.57. The summed E-state index contributed by atoms with van der Waals surface area (Å²) in [5, 5.41) is 0. The zero-order valence-corrected chi connectivity index (χ0v) is 13.5. The van der Waals surface area contributed by atoms with Crippen LogP contribution < -0.4 is 4.74 Å². The number of benzene rings is 1. The van der Waals surface area contributed by atoms with E-state index >= 15 is 0 Å². The lowest BCUT2D eigenvalue weighted by Crippen LogP contribution is -1.94. The van der Waals surface area contributed by atoms with E-state index in [2.05, 4.69) is 37.9 Å². The van der Waals surface area contributed by atoms with Gasteiger partial charge >= 0.3 is 0 Å². The third-order valence-electron chi connectivity index (χ3n) is 3.34. The molecule has 0 atom stereocenters. The molecule has 0 unspecified atom stereocenters. The van der Waals surface area contributed by atoms with Crippen molar-refractivity contribution in [1.29, 1.82) is 0 Å². The Hall–Kier alpha value is -2.29. The minimum absolute atomic E-state index is 0.600. The number of aromatic nitrogens is 1. The predicted octanol–water partition coefficient (Wildman–Crippen LogP) is 5.41. The Morgan fingerprint density at radius 2 is 1.91 bits per heavy atom. The Kier molecular flexibility index (Phi) is 6.01. The summed E-state index contributed by atoms with van der Waals surface area (Å²) in [4.78, 5) is 3.92. The first kappa shape index (κ1) is 16.1. The monoisotopic (exact) mass is 297 g/mol. The third-order valence-corrected chi connectivity index (χ3v) is 3.34. The highest BCUT2D eigenvalue weighted by Crippen LogP contribution is 2.21. The quantitative estimate of drug-likeness (QED) is 0.641. The number of hydrogen-bond acceptors (Lipinski definition) is 3. The van der Waals surface area contributed by atoms with Crippen LogP contribution in [-0.2, 0) is 0 Å². The fourth-order valence-electron chi connectivity index (χ4n) is 2.04. The molecule has 1 heterocycles. The Labute approximate surface area is 132 Å². The van der Waals surface area contributed by atoms with E-state index in [9.17, 15) is 0 Å². The zero-order valence-electron chi connectivity index (χ0n) is 13.5. The van der Waals surface area contributed by atoms with Gasteiger partial charge in [-0.2, -0.15) is 0 Å². The second kappa shape index (κ2) is 8.23. The van der Waals surface area contributed by atoms with Gasteiger partial charge in [-0.05, 0) is 64.0 Å². The molecule has 0 spiro atoms. The number of nitrogens with zero attached hydrogens (tertiary/aromatic N) is 1. The van der Waals surface area contributed by atoms with Gasteiger partial charge in [0.15, 0.2) is 12.2 Å². The summed E-state index contributed by atoms with van der Waals surface area (Å²) in [6.45, 7) is 7.01. The average molecular weight is 297 g/mol. The molecule has 0 aliphatic heterocycles. The molecule has 0 aliphatic rings. The lowest BCUT2D eigenvalue weighted by Gasteiger charge is -2.05. The molecule has 0 saturated carbocycles. The van der Waals surface area contributed by atoms with Gasteiger partial charge in [0.25, 0.3) is 0 Å². The van der Waals surface area contributed by atoms with Crippen LogP contribution in [0.5, 0.6) is 5.75 Å². The van der Waals surface area contributed by atoms with Crippen molar-refractivity contribution in [2.75, 3.05) is 6.61 Å². The summed E-state index contributed by atoms with van der Waals surface area (Å²) in [6, 6.07) is 7.84. The molecule has 0 aliphatic carbocycles. The molecule has 3 heteroatoms. The van der Waals surface area contributed by atoms with Gasteiger partial charge in [-0.1, -0.05) is 17.2 Å². The van der Waals surface area contributed by atoms with Crippen LogP contribution in [0.15, 0.2) is 64.6 Å². The van der Waals surface area contributed by atoms with Gasteiger partial charge in [-0.15, -0.1) is 0 Å². The van der Waals surface area contributed by atoms with Crippen LogP contribution in [0.2, 0.25) is 0 Å². The van der Waals surface area contributed by atoms with E-state index in [-0.39, 0.29) is 0 Å². The summed E-state index contributed by atoms with van der Waals surface area (Å²) in [6.07, 6.45) is 9.72. The maximum Gasteiger partial charge on any atom is 0.181 e. The number of ether oxygens (including phenoxy) is 1. The van der Waals surface area contributed by atoms with Crippen molar-refractivity contribution in [3.8, 4) is 17.1 Å². The number of allylic oxidation sites excluding steroid dienone is 3. The molecule has 1 aromatic carbocycles. The summed E-state index contributed by atoms with van der Waals surface area (Å²) in [5.74, 6) is 1.62. The molecule has 0 N–H and O–H groups in total. The summed E-state index contributed by atoms with van der Waals surface area (Å²) in [7, 11) is 0. The first-order valence-corrected chi connectivity index (χ1v) is 7.56. The minimum Gasteiger partial charge on any atom is -0.490 e. The maximum absolute atomic E-state index is 5.74. The third kappa shape index (κ3) is 5.24. The van der Waals surface area contributed by atoms with E-state index in [1.165, 1.54) is 17.5 Å². The SMILES string of the molecule is CC(C)=CCC/C(C)=C/COc1ccc(-c2cnco2)cc1. The van der Waals surface area contributed by atoms with Crippen molar-refractivity contribution in [3.05, 3.63) is 60.2 Å². The predicted molar refractivity (Wildman–Crippen MR) is 89.9 cm³/mol. The minimum atomic E-state index is 0.600. The van der Waals surface area contributed by atoms with Crippen molar-refractivity contribution in [2.45, 2.75) is 33.6 Å². The molecule has 2 rings (SSSR count). The molecule has 0 bridgehead atoms. The van der Waals surface area contributed by atoms with Crippen molar-refractivity contribution in [2.24, 2.45) is 0 Å². The molecular weight excluding hydrogens is 274 g/mol. The zero-order chi connectivity index (χ0) is 15.8. The highest BCUT2D eigenvalue weighted by Gasteiger charge is 2.01. The van der Waals surface area contributed by atoms with Crippen LogP contribution in [0.4, 0.5) is 0 Å². The fourth-order valence-corrected chi connectivity index (χ4v) is 2.04. The van der Waals surface area contributed by atoms with E-state index in [0.717, 1.165) is 29.9 Å². The van der Waals surface area contributed by atoms with Gasteiger partial charge < -0.3 is 9.15 Å². The molecule has 22 heavy (non-hydrogen) atoms. The molecule has 0 fully saturated rings. The normalized spacial score (nSPS) is 11.3. The fraction of sp³-hybridized carbons (Fsp3) is 0.316. The molecular formula is C19H23NO2. The Morgan fingerprint density at radius 3 is 2.55 bits per heavy atom. The Bertz CT molecular complexity index is 618. The topological polar surface area (TPSA) is 35.3 Å². The van der Waals surface area contributed by atoms with Crippen molar-refractivity contribution in [3.63, 3.8) is 0 Å². The van der Waals surface area contributed by atoms with Crippen LogP contribution >= 0.6 is 0 Å². The van der Waals surface area contributed by atoms with Crippen molar-refractivity contribution < 1.29 is 9.15 Å². The highest BCUT2D eigenvalue weighted by atomic mass is 16.5. The van der Waals surface area contributed by atoms with E-state index in [1.54, 1.807) is 6.20 Å². The number of rotatable bonds is 7. The van der Waals surface area contributed by atoms with Gasteiger partial charge in [-0.3, -0.25) is 0 Å². The summed E-state index contributed by atoms with van der Waals surface area (Å²) >= 11 is 0. The average Bonchev–Trinajstić information content (AvgIpc) is 3.02. The van der Waals surface area contributed by atoms with Crippen LogP contribution in [-0.4, -0.2) is 11.6 Å². The number of hydrogen-bond donors (Lipinski definition) is 0. The molecule has 0 saturated heterocycles. The van der Waals surface area contributed by atoms with Gasteiger partial charge in [0.05, 0.1) is 6.20 Å². The second-order valence-electron chi connectivity index (χ2n) is 5.57. The molecule has 3 nitrogen and oxygen atoms in total. The molecule has 0 amide bonds. The Morgan fingerprint density at radius 1 is 1.14 bits per heavy atom. The van der Waals surface area contributed by atoms with E-state index in [0.29, 0.717) is 6.61 Å². The molecule has 116 valence electrons. The summed E-state index contributed by atoms with van der Waals surface area (Å²) < 4.78 is 11.0. The lowest BCUT2D eigenvalue weighted by atomic mass is 10.1. The standard InChI is InChI=1S/C19H23NO2/c1-15(2)5-4-6-16(3)11-12-21-18-9-7-17(8-10-18)19-13-20-14-22-19/h5,7-11,13-14H,4,6,12H2,1-3H3/b16-11+.